The maximum Gasteiger partial charge on any atom is 0.217 e. The molecule has 0 radical (unpaired) electrons. The number of hydrogen-bond donors (Lipinski definition) is 3. The van der Waals surface area contributed by atoms with E-state index in [-0.39, 0.29) is 17.9 Å². The Balaban J connectivity index is 3.47. The fourth-order valence-corrected chi connectivity index (χ4v) is 1.07. The van der Waals surface area contributed by atoms with Crippen LogP contribution < -0.4 is 11.1 Å². The van der Waals surface area contributed by atoms with Crippen molar-refractivity contribution in [2.24, 2.45) is 11.1 Å². The van der Waals surface area contributed by atoms with Crippen LogP contribution in [0.15, 0.2) is 0 Å². The molecule has 84 valence electrons. The number of aliphatic hydroxyl groups excluding tert-OH is 1. The molecule has 0 heterocycles. The molecule has 0 aliphatic carbocycles. The van der Waals surface area contributed by atoms with Crippen molar-refractivity contribution in [1.82, 2.24) is 5.32 Å². The van der Waals surface area contributed by atoms with Crippen molar-refractivity contribution in [3.63, 3.8) is 0 Å². The molecule has 4 heteroatoms. The van der Waals surface area contributed by atoms with E-state index < -0.39 is 0 Å². The predicted octanol–water partition coefficient (Wildman–Crippen LogP) is 0.250. The highest BCUT2D eigenvalue weighted by atomic mass is 16.3. The van der Waals surface area contributed by atoms with Crippen LogP contribution in [0.2, 0.25) is 0 Å². The zero-order valence-corrected chi connectivity index (χ0v) is 9.18. The molecule has 14 heavy (non-hydrogen) atoms. The van der Waals surface area contributed by atoms with Crippen LogP contribution in [-0.2, 0) is 4.79 Å². The van der Waals surface area contributed by atoms with Gasteiger partial charge in [0, 0.05) is 25.0 Å². The number of carbonyl (C=O) groups excluding carboxylic acids is 1. The van der Waals surface area contributed by atoms with Crippen molar-refractivity contribution in [1.29, 1.82) is 0 Å². The molecule has 0 aromatic heterocycles. The van der Waals surface area contributed by atoms with Gasteiger partial charge in [-0.3, -0.25) is 4.79 Å². The van der Waals surface area contributed by atoms with Crippen LogP contribution in [0.4, 0.5) is 0 Å². The molecule has 4 nitrogen and oxygen atoms in total. The second-order valence-corrected chi connectivity index (χ2v) is 4.07. The number of rotatable bonds is 8. The third-order valence-corrected chi connectivity index (χ3v) is 2.56. The lowest BCUT2D eigenvalue weighted by Crippen LogP contribution is -2.35. The monoisotopic (exact) mass is 202 g/mol. The first-order valence-corrected chi connectivity index (χ1v) is 5.14. The third-order valence-electron chi connectivity index (χ3n) is 2.56. The fraction of sp³-hybridized carbons (Fsp3) is 0.900. The van der Waals surface area contributed by atoms with E-state index >= 15 is 0 Å². The highest BCUT2D eigenvalue weighted by Gasteiger charge is 2.19. The zero-order valence-electron chi connectivity index (χ0n) is 9.18. The minimum absolute atomic E-state index is 0.0489. The van der Waals surface area contributed by atoms with E-state index in [9.17, 15) is 4.79 Å². The average molecular weight is 202 g/mol. The third kappa shape index (κ3) is 5.94. The van der Waals surface area contributed by atoms with Gasteiger partial charge >= 0.3 is 0 Å². The Hall–Kier alpha value is -0.610. The lowest BCUT2D eigenvalue weighted by atomic mass is 9.89. The smallest absolute Gasteiger partial charge is 0.217 e. The molecule has 1 atom stereocenters. The Bertz CT molecular complexity index is 168. The lowest BCUT2D eigenvalue weighted by molar-refractivity contribution is -0.118. The molecule has 0 aliphatic rings. The topological polar surface area (TPSA) is 75.3 Å². The average Bonchev–Trinajstić information content (AvgIpc) is 2.16. The normalized spacial score (nSPS) is 15.1. The van der Waals surface area contributed by atoms with E-state index in [0.29, 0.717) is 6.42 Å². The molecule has 1 amide bonds. The number of nitrogens with one attached hydrogen (secondary N) is 1. The van der Waals surface area contributed by atoms with Crippen molar-refractivity contribution in [3.8, 4) is 0 Å². The lowest BCUT2D eigenvalue weighted by Gasteiger charge is -2.25. The summed E-state index contributed by atoms with van der Waals surface area (Å²) in [6.45, 7) is 5.83. The van der Waals surface area contributed by atoms with E-state index in [4.69, 9.17) is 10.8 Å². The highest BCUT2D eigenvalue weighted by molar-refractivity contribution is 5.73. The molecule has 0 bridgehead atoms. The van der Waals surface area contributed by atoms with Crippen LogP contribution >= 0.6 is 0 Å². The Labute approximate surface area is 85.9 Å². The molecular formula is C10H22N2O2. The number of hydrogen-bond acceptors (Lipinski definition) is 3. The molecule has 0 saturated heterocycles. The number of amides is 1. The summed E-state index contributed by atoms with van der Waals surface area (Å²) < 4.78 is 0. The Morgan fingerprint density at radius 2 is 2.21 bits per heavy atom. The highest BCUT2D eigenvalue weighted by Crippen LogP contribution is 2.18. The number of aliphatic hydroxyl groups is 1. The maximum absolute atomic E-state index is 10.4. The Morgan fingerprint density at radius 3 is 2.64 bits per heavy atom. The van der Waals surface area contributed by atoms with Gasteiger partial charge in [-0.1, -0.05) is 13.8 Å². The molecule has 4 N–H and O–H groups in total. The van der Waals surface area contributed by atoms with Crippen LogP contribution in [-0.4, -0.2) is 30.7 Å². The first kappa shape index (κ1) is 13.4. The van der Waals surface area contributed by atoms with Crippen LogP contribution in [0.1, 0.15) is 33.1 Å². The molecule has 0 aromatic carbocycles. The van der Waals surface area contributed by atoms with E-state index in [1.54, 1.807) is 0 Å². The SMILES string of the molecule is CCC(C)(CO)CNCCCC(N)=O. The van der Waals surface area contributed by atoms with E-state index in [2.05, 4.69) is 12.2 Å². The van der Waals surface area contributed by atoms with Crippen LogP contribution in [0.3, 0.4) is 0 Å². The molecule has 0 aliphatic heterocycles. The fourth-order valence-electron chi connectivity index (χ4n) is 1.07. The summed E-state index contributed by atoms with van der Waals surface area (Å²) in [6, 6.07) is 0. The quantitative estimate of drug-likeness (QED) is 0.494. The van der Waals surface area contributed by atoms with Gasteiger partial charge in [0.25, 0.3) is 0 Å². The first-order valence-electron chi connectivity index (χ1n) is 5.14. The van der Waals surface area contributed by atoms with Crippen LogP contribution in [0.5, 0.6) is 0 Å². The minimum atomic E-state index is -0.257. The van der Waals surface area contributed by atoms with Crippen molar-refractivity contribution in [3.05, 3.63) is 0 Å². The summed E-state index contributed by atoms with van der Waals surface area (Å²) in [5.74, 6) is -0.257. The molecule has 0 aromatic rings. The van der Waals surface area contributed by atoms with E-state index in [1.807, 2.05) is 6.92 Å². The molecule has 0 saturated carbocycles. The number of primary amides is 1. The van der Waals surface area contributed by atoms with Gasteiger partial charge in [-0.2, -0.15) is 0 Å². The van der Waals surface area contributed by atoms with Crippen molar-refractivity contribution < 1.29 is 9.90 Å². The van der Waals surface area contributed by atoms with Crippen molar-refractivity contribution in [2.75, 3.05) is 19.7 Å². The Morgan fingerprint density at radius 1 is 1.57 bits per heavy atom. The molecule has 0 fully saturated rings. The van der Waals surface area contributed by atoms with Crippen molar-refractivity contribution in [2.45, 2.75) is 33.1 Å². The summed E-state index contributed by atoms with van der Waals surface area (Å²) in [7, 11) is 0. The summed E-state index contributed by atoms with van der Waals surface area (Å²) >= 11 is 0. The van der Waals surface area contributed by atoms with Gasteiger partial charge in [0.05, 0.1) is 0 Å². The van der Waals surface area contributed by atoms with Gasteiger partial charge in [-0.15, -0.1) is 0 Å². The summed E-state index contributed by atoms with van der Waals surface area (Å²) in [5.41, 5.74) is 4.96. The summed E-state index contributed by atoms with van der Waals surface area (Å²) in [6.07, 6.45) is 2.13. The van der Waals surface area contributed by atoms with Crippen molar-refractivity contribution >= 4 is 5.91 Å². The molecular weight excluding hydrogens is 180 g/mol. The predicted molar refractivity (Wildman–Crippen MR) is 56.8 cm³/mol. The standard InChI is InChI=1S/C10H22N2O2/c1-3-10(2,8-13)7-12-6-4-5-9(11)14/h12-13H,3-8H2,1-2H3,(H2,11,14). The maximum atomic E-state index is 10.4. The number of carbonyl (C=O) groups is 1. The van der Waals surface area contributed by atoms with Gasteiger partial charge in [0.1, 0.15) is 0 Å². The number of nitrogens with two attached hydrogens (primary N) is 1. The van der Waals surface area contributed by atoms with Gasteiger partial charge in [0.15, 0.2) is 0 Å². The van der Waals surface area contributed by atoms with Crippen LogP contribution in [0, 0.1) is 5.41 Å². The first-order chi connectivity index (χ1) is 6.54. The largest absolute Gasteiger partial charge is 0.396 e. The second kappa shape index (κ2) is 6.79. The molecule has 0 rings (SSSR count). The minimum Gasteiger partial charge on any atom is -0.396 e. The molecule has 1 unspecified atom stereocenters. The summed E-state index contributed by atoms with van der Waals surface area (Å²) in [5, 5.41) is 12.3. The molecule has 0 spiro atoms. The van der Waals surface area contributed by atoms with Gasteiger partial charge < -0.3 is 16.2 Å². The second-order valence-electron chi connectivity index (χ2n) is 4.07. The van der Waals surface area contributed by atoms with Gasteiger partial charge in [-0.25, -0.2) is 0 Å². The Kier molecular flexibility index (Phi) is 6.49. The van der Waals surface area contributed by atoms with Gasteiger partial charge in [-0.05, 0) is 19.4 Å². The van der Waals surface area contributed by atoms with Gasteiger partial charge in [0.2, 0.25) is 5.91 Å². The van der Waals surface area contributed by atoms with E-state index in [0.717, 1.165) is 25.9 Å². The van der Waals surface area contributed by atoms with E-state index in [1.165, 1.54) is 0 Å². The summed E-state index contributed by atoms with van der Waals surface area (Å²) in [4.78, 5) is 10.4. The van der Waals surface area contributed by atoms with Crippen LogP contribution in [0.25, 0.3) is 0 Å². The zero-order chi connectivity index (χ0) is 11.0.